The van der Waals surface area contributed by atoms with Crippen LogP contribution in [0.15, 0.2) is 31.1 Å². The van der Waals surface area contributed by atoms with Gasteiger partial charge in [-0.05, 0) is 36.0 Å². The molecule has 14 heavy (non-hydrogen) atoms. The summed E-state index contributed by atoms with van der Waals surface area (Å²) in [5.74, 6) is 0.702. The summed E-state index contributed by atoms with van der Waals surface area (Å²) in [6.45, 7) is 4.21. The van der Waals surface area contributed by atoms with Crippen LogP contribution < -0.4 is 0 Å². The van der Waals surface area contributed by atoms with Crippen LogP contribution in [0.5, 0.6) is 0 Å². The normalized spacial score (nSPS) is 18.0. The van der Waals surface area contributed by atoms with Gasteiger partial charge >= 0.3 is 0 Å². The van der Waals surface area contributed by atoms with E-state index in [1.807, 2.05) is 18.5 Å². The SMILES string of the molecule is C=C(c1cccnc1)C1CCCCC1. The maximum Gasteiger partial charge on any atom is 0.0342 e. The molecule has 1 heterocycles. The highest BCUT2D eigenvalue weighted by Crippen LogP contribution is 2.33. The average molecular weight is 187 g/mol. The summed E-state index contributed by atoms with van der Waals surface area (Å²) in [5, 5.41) is 0. The van der Waals surface area contributed by atoms with Crippen molar-refractivity contribution in [3.8, 4) is 0 Å². The van der Waals surface area contributed by atoms with Crippen LogP contribution in [0.4, 0.5) is 0 Å². The van der Waals surface area contributed by atoms with E-state index in [1.165, 1.54) is 43.2 Å². The summed E-state index contributed by atoms with van der Waals surface area (Å²) < 4.78 is 0. The third-order valence-corrected chi connectivity index (χ3v) is 3.13. The Labute approximate surface area is 85.9 Å². The maximum absolute atomic E-state index is 4.21. The Morgan fingerprint density at radius 1 is 1.29 bits per heavy atom. The van der Waals surface area contributed by atoms with Crippen LogP contribution in [0.1, 0.15) is 37.7 Å². The number of aromatic nitrogens is 1. The molecule has 2 rings (SSSR count). The minimum absolute atomic E-state index is 0.702. The summed E-state index contributed by atoms with van der Waals surface area (Å²) in [4.78, 5) is 4.14. The quantitative estimate of drug-likeness (QED) is 0.688. The van der Waals surface area contributed by atoms with Crippen LogP contribution in [-0.2, 0) is 0 Å². The monoisotopic (exact) mass is 187 g/mol. The van der Waals surface area contributed by atoms with Crippen molar-refractivity contribution in [2.24, 2.45) is 5.92 Å². The largest absolute Gasteiger partial charge is 0.264 e. The van der Waals surface area contributed by atoms with E-state index in [0.717, 1.165) is 0 Å². The van der Waals surface area contributed by atoms with E-state index in [9.17, 15) is 0 Å². The van der Waals surface area contributed by atoms with Crippen molar-refractivity contribution in [2.75, 3.05) is 0 Å². The van der Waals surface area contributed by atoms with Gasteiger partial charge in [-0.1, -0.05) is 31.9 Å². The van der Waals surface area contributed by atoms with Gasteiger partial charge in [0, 0.05) is 12.4 Å². The smallest absolute Gasteiger partial charge is 0.0342 e. The van der Waals surface area contributed by atoms with E-state index in [0.29, 0.717) is 5.92 Å². The number of allylic oxidation sites excluding steroid dienone is 1. The second-order valence-corrected chi connectivity index (χ2v) is 4.10. The lowest BCUT2D eigenvalue weighted by Crippen LogP contribution is -2.07. The molecule has 0 amide bonds. The first-order chi connectivity index (χ1) is 6.88. The van der Waals surface area contributed by atoms with Gasteiger partial charge in [-0.15, -0.1) is 0 Å². The Morgan fingerprint density at radius 2 is 2.07 bits per heavy atom. The number of pyridine rings is 1. The predicted molar refractivity (Wildman–Crippen MR) is 59.8 cm³/mol. The molecule has 1 aliphatic rings. The molecule has 0 atom stereocenters. The van der Waals surface area contributed by atoms with Gasteiger partial charge < -0.3 is 0 Å². The topological polar surface area (TPSA) is 12.9 Å². The standard InChI is InChI=1S/C13H17N/c1-11(12-6-3-2-4-7-12)13-8-5-9-14-10-13/h5,8-10,12H,1-4,6-7H2. The van der Waals surface area contributed by atoms with E-state index in [-0.39, 0.29) is 0 Å². The third kappa shape index (κ3) is 2.03. The summed E-state index contributed by atoms with van der Waals surface area (Å²) in [6, 6.07) is 4.10. The molecule has 1 saturated carbocycles. The maximum atomic E-state index is 4.21. The fraction of sp³-hybridized carbons (Fsp3) is 0.462. The molecule has 0 aromatic carbocycles. The Kier molecular flexibility index (Phi) is 2.97. The van der Waals surface area contributed by atoms with Crippen molar-refractivity contribution in [3.05, 3.63) is 36.7 Å². The van der Waals surface area contributed by atoms with Gasteiger partial charge in [-0.2, -0.15) is 0 Å². The molecule has 1 aromatic heterocycles. The van der Waals surface area contributed by atoms with Crippen molar-refractivity contribution in [1.82, 2.24) is 4.98 Å². The lowest BCUT2D eigenvalue weighted by molar-refractivity contribution is 0.430. The minimum atomic E-state index is 0.702. The molecular formula is C13H17N. The number of hydrogen-bond acceptors (Lipinski definition) is 1. The van der Waals surface area contributed by atoms with E-state index in [1.54, 1.807) is 0 Å². The molecule has 0 bridgehead atoms. The van der Waals surface area contributed by atoms with Gasteiger partial charge in [-0.3, -0.25) is 4.98 Å². The Morgan fingerprint density at radius 3 is 2.71 bits per heavy atom. The molecule has 1 heteroatoms. The van der Waals surface area contributed by atoms with Gasteiger partial charge in [-0.25, -0.2) is 0 Å². The minimum Gasteiger partial charge on any atom is -0.264 e. The molecule has 0 unspecified atom stereocenters. The summed E-state index contributed by atoms with van der Waals surface area (Å²) in [5.41, 5.74) is 2.51. The molecule has 1 aromatic rings. The number of nitrogens with zero attached hydrogens (tertiary/aromatic N) is 1. The summed E-state index contributed by atoms with van der Waals surface area (Å²) in [7, 11) is 0. The molecule has 74 valence electrons. The van der Waals surface area contributed by atoms with Crippen molar-refractivity contribution in [3.63, 3.8) is 0 Å². The lowest BCUT2D eigenvalue weighted by Gasteiger charge is -2.23. The van der Waals surface area contributed by atoms with E-state index in [2.05, 4.69) is 17.6 Å². The fourth-order valence-electron chi connectivity index (χ4n) is 2.24. The first-order valence-electron chi connectivity index (χ1n) is 5.47. The molecule has 1 fully saturated rings. The zero-order valence-electron chi connectivity index (χ0n) is 8.58. The highest BCUT2D eigenvalue weighted by atomic mass is 14.6. The molecule has 1 aliphatic carbocycles. The Bertz CT molecular complexity index is 296. The van der Waals surface area contributed by atoms with Gasteiger partial charge in [0.1, 0.15) is 0 Å². The van der Waals surface area contributed by atoms with Crippen LogP contribution in [0.3, 0.4) is 0 Å². The molecule has 0 N–H and O–H groups in total. The first kappa shape index (κ1) is 9.45. The van der Waals surface area contributed by atoms with Crippen LogP contribution in [0, 0.1) is 5.92 Å². The molecule has 0 saturated heterocycles. The van der Waals surface area contributed by atoms with Crippen LogP contribution in [0.2, 0.25) is 0 Å². The van der Waals surface area contributed by atoms with Crippen molar-refractivity contribution < 1.29 is 0 Å². The Balaban J connectivity index is 2.07. The Hall–Kier alpha value is -1.11. The van der Waals surface area contributed by atoms with Gasteiger partial charge in [0.15, 0.2) is 0 Å². The third-order valence-electron chi connectivity index (χ3n) is 3.13. The van der Waals surface area contributed by atoms with Gasteiger partial charge in [0.2, 0.25) is 0 Å². The van der Waals surface area contributed by atoms with Crippen LogP contribution in [0.25, 0.3) is 5.57 Å². The molecule has 0 radical (unpaired) electrons. The predicted octanol–water partition coefficient (Wildman–Crippen LogP) is 3.68. The molecule has 0 aliphatic heterocycles. The number of hydrogen-bond donors (Lipinski definition) is 0. The van der Waals surface area contributed by atoms with Crippen molar-refractivity contribution in [1.29, 1.82) is 0 Å². The first-order valence-corrected chi connectivity index (χ1v) is 5.47. The van der Waals surface area contributed by atoms with E-state index in [4.69, 9.17) is 0 Å². The van der Waals surface area contributed by atoms with E-state index < -0.39 is 0 Å². The van der Waals surface area contributed by atoms with Gasteiger partial charge in [0.25, 0.3) is 0 Å². The number of rotatable bonds is 2. The van der Waals surface area contributed by atoms with Crippen molar-refractivity contribution in [2.45, 2.75) is 32.1 Å². The van der Waals surface area contributed by atoms with Crippen LogP contribution in [-0.4, -0.2) is 4.98 Å². The molecule has 0 spiro atoms. The highest BCUT2D eigenvalue weighted by Gasteiger charge is 2.17. The summed E-state index contributed by atoms with van der Waals surface area (Å²) in [6.07, 6.45) is 10.5. The van der Waals surface area contributed by atoms with Crippen LogP contribution >= 0.6 is 0 Å². The van der Waals surface area contributed by atoms with E-state index >= 15 is 0 Å². The fourth-order valence-corrected chi connectivity index (χ4v) is 2.24. The lowest BCUT2D eigenvalue weighted by atomic mass is 9.82. The zero-order valence-corrected chi connectivity index (χ0v) is 8.58. The second kappa shape index (κ2) is 4.41. The average Bonchev–Trinajstić information content (AvgIpc) is 2.30. The summed E-state index contributed by atoms with van der Waals surface area (Å²) >= 11 is 0. The molecule has 1 nitrogen and oxygen atoms in total. The molecular weight excluding hydrogens is 170 g/mol. The van der Waals surface area contributed by atoms with Gasteiger partial charge in [0.05, 0.1) is 0 Å². The second-order valence-electron chi connectivity index (χ2n) is 4.10. The zero-order chi connectivity index (χ0) is 9.80. The van der Waals surface area contributed by atoms with Crippen molar-refractivity contribution >= 4 is 5.57 Å². The highest BCUT2D eigenvalue weighted by molar-refractivity contribution is 5.64.